The number of carbonyl (C=O) groups excluding carboxylic acids is 2. The number of hydrogen-bond donors (Lipinski definition) is 2. The van der Waals surface area contributed by atoms with Gasteiger partial charge in [-0.2, -0.15) is 0 Å². The van der Waals surface area contributed by atoms with Crippen molar-refractivity contribution in [2.45, 2.75) is 39.2 Å². The van der Waals surface area contributed by atoms with E-state index in [-0.39, 0.29) is 17.9 Å². The summed E-state index contributed by atoms with van der Waals surface area (Å²) in [4.78, 5) is 24.5. The average molecular weight is 388 g/mol. The highest BCUT2D eigenvalue weighted by molar-refractivity contribution is 7.13. The lowest BCUT2D eigenvalue weighted by atomic mass is 10.1. The van der Waals surface area contributed by atoms with Gasteiger partial charge in [-0.3, -0.25) is 9.59 Å². The molecule has 0 saturated carbocycles. The minimum absolute atomic E-state index is 0.111. The molecule has 1 aromatic heterocycles. The number of nitrogens with one attached hydrogen (secondary N) is 2. The van der Waals surface area contributed by atoms with Crippen molar-refractivity contribution < 1.29 is 14.3 Å². The van der Waals surface area contributed by atoms with Crippen LogP contribution in [0, 0.1) is 5.92 Å². The molecule has 1 aliphatic heterocycles. The monoisotopic (exact) mass is 388 g/mol. The molecule has 1 fully saturated rings. The van der Waals surface area contributed by atoms with E-state index in [1.54, 1.807) is 24.3 Å². The van der Waals surface area contributed by atoms with Gasteiger partial charge in [0.25, 0.3) is 11.8 Å². The molecule has 2 aromatic rings. The van der Waals surface area contributed by atoms with Crippen molar-refractivity contribution in [2.24, 2.45) is 5.92 Å². The van der Waals surface area contributed by atoms with Crippen molar-refractivity contribution >= 4 is 28.8 Å². The van der Waals surface area contributed by atoms with E-state index >= 15 is 0 Å². The number of nitrogens with zero attached hydrogens (tertiary/aromatic N) is 2. The molecule has 27 heavy (non-hydrogen) atoms. The van der Waals surface area contributed by atoms with Crippen molar-refractivity contribution in [3.05, 3.63) is 39.8 Å². The van der Waals surface area contributed by atoms with E-state index in [1.165, 1.54) is 11.3 Å². The van der Waals surface area contributed by atoms with E-state index in [4.69, 9.17) is 4.74 Å². The Labute approximate surface area is 162 Å². The van der Waals surface area contributed by atoms with E-state index in [2.05, 4.69) is 34.7 Å². The third-order valence-corrected chi connectivity index (χ3v) is 5.11. The molecule has 1 saturated heterocycles. The van der Waals surface area contributed by atoms with E-state index in [9.17, 15) is 9.59 Å². The first-order valence-electron chi connectivity index (χ1n) is 9.15. The summed E-state index contributed by atoms with van der Waals surface area (Å²) in [5, 5.41) is 14.9. The summed E-state index contributed by atoms with van der Waals surface area (Å²) in [6.45, 7) is 5.48. The molecular weight excluding hydrogens is 364 g/mol. The maximum absolute atomic E-state index is 12.3. The topological polar surface area (TPSA) is 93.2 Å². The molecule has 7 nitrogen and oxygen atoms in total. The van der Waals surface area contributed by atoms with Crippen LogP contribution in [0.25, 0.3) is 0 Å². The second kappa shape index (κ2) is 9.05. The van der Waals surface area contributed by atoms with Crippen LogP contribution in [0.2, 0.25) is 0 Å². The second-order valence-electron chi connectivity index (χ2n) is 6.98. The quantitative estimate of drug-likeness (QED) is 0.761. The van der Waals surface area contributed by atoms with Crippen LogP contribution in [-0.2, 0) is 11.2 Å². The fourth-order valence-corrected chi connectivity index (χ4v) is 3.73. The number of amides is 2. The molecule has 2 heterocycles. The van der Waals surface area contributed by atoms with Crippen LogP contribution in [0.1, 0.15) is 51.9 Å². The SMILES string of the molecule is CC(C)Cc1nnc(C(=O)Nc2ccc(C(=O)NC[C@H]3CCCO3)cc2)s1. The largest absolute Gasteiger partial charge is 0.376 e. The van der Waals surface area contributed by atoms with Gasteiger partial charge >= 0.3 is 0 Å². The molecule has 144 valence electrons. The highest BCUT2D eigenvalue weighted by Crippen LogP contribution is 2.17. The molecule has 0 radical (unpaired) electrons. The van der Waals surface area contributed by atoms with E-state index in [0.717, 1.165) is 30.9 Å². The Hall–Kier alpha value is -2.32. The zero-order chi connectivity index (χ0) is 19.2. The minimum Gasteiger partial charge on any atom is -0.376 e. The molecular formula is C19H24N4O3S. The molecule has 1 atom stereocenters. The van der Waals surface area contributed by atoms with Crippen LogP contribution in [0.5, 0.6) is 0 Å². The normalized spacial score (nSPS) is 16.5. The van der Waals surface area contributed by atoms with Crippen molar-refractivity contribution in [2.75, 3.05) is 18.5 Å². The molecule has 1 aliphatic rings. The van der Waals surface area contributed by atoms with Gasteiger partial charge in [0.15, 0.2) is 0 Å². The first-order chi connectivity index (χ1) is 13.0. The average Bonchev–Trinajstić information content (AvgIpc) is 3.31. The summed E-state index contributed by atoms with van der Waals surface area (Å²) in [6.07, 6.45) is 2.94. The van der Waals surface area contributed by atoms with Gasteiger partial charge in [0, 0.05) is 30.8 Å². The van der Waals surface area contributed by atoms with Gasteiger partial charge in [0.2, 0.25) is 5.01 Å². The molecule has 0 bridgehead atoms. The van der Waals surface area contributed by atoms with E-state index in [0.29, 0.717) is 28.7 Å². The number of aromatic nitrogens is 2. The third-order valence-electron chi connectivity index (χ3n) is 4.16. The number of anilines is 1. The fraction of sp³-hybridized carbons (Fsp3) is 0.474. The van der Waals surface area contributed by atoms with Crippen LogP contribution < -0.4 is 10.6 Å². The Balaban J connectivity index is 1.52. The Morgan fingerprint density at radius 3 is 2.67 bits per heavy atom. The van der Waals surface area contributed by atoms with E-state index < -0.39 is 0 Å². The molecule has 3 rings (SSSR count). The van der Waals surface area contributed by atoms with Crippen LogP contribution in [-0.4, -0.2) is 41.3 Å². The van der Waals surface area contributed by atoms with Gasteiger partial charge in [0.1, 0.15) is 5.01 Å². The predicted molar refractivity (Wildman–Crippen MR) is 104 cm³/mol. The van der Waals surface area contributed by atoms with Gasteiger partial charge in [-0.1, -0.05) is 25.2 Å². The number of ether oxygens (including phenoxy) is 1. The summed E-state index contributed by atoms with van der Waals surface area (Å²) >= 11 is 1.30. The van der Waals surface area contributed by atoms with Crippen LogP contribution >= 0.6 is 11.3 Å². The Bertz CT molecular complexity index is 783. The molecule has 2 amide bonds. The lowest BCUT2D eigenvalue weighted by Gasteiger charge is -2.11. The summed E-state index contributed by atoms with van der Waals surface area (Å²) < 4.78 is 5.49. The van der Waals surface area contributed by atoms with Gasteiger partial charge in [0.05, 0.1) is 6.10 Å². The van der Waals surface area contributed by atoms with Crippen LogP contribution in [0.4, 0.5) is 5.69 Å². The number of rotatable bonds is 7. The summed E-state index contributed by atoms with van der Waals surface area (Å²) in [7, 11) is 0. The van der Waals surface area contributed by atoms with Crippen LogP contribution in [0.15, 0.2) is 24.3 Å². The molecule has 8 heteroatoms. The van der Waals surface area contributed by atoms with Crippen molar-refractivity contribution in [3.8, 4) is 0 Å². The number of carbonyl (C=O) groups is 2. The van der Waals surface area contributed by atoms with Gasteiger partial charge < -0.3 is 15.4 Å². The molecule has 0 spiro atoms. The number of benzene rings is 1. The first-order valence-corrected chi connectivity index (χ1v) is 9.96. The molecule has 0 unspecified atom stereocenters. The Kier molecular flexibility index (Phi) is 6.52. The molecule has 1 aromatic carbocycles. The lowest BCUT2D eigenvalue weighted by molar-refractivity contribution is 0.0857. The fourth-order valence-electron chi connectivity index (χ4n) is 2.78. The lowest BCUT2D eigenvalue weighted by Crippen LogP contribution is -2.31. The van der Waals surface area contributed by atoms with Crippen molar-refractivity contribution in [1.29, 1.82) is 0 Å². The van der Waals surface area contributed by atoms with Crippen molar-refractivity contribution in [3.63, 3.8) is 0 Å². The zero-order valence-electron chi connectivity index (χ0n) is 15.5. The summed E-state index contributed by atoms with van der Waals surface area (Å²) in [5.41, 5.74) is 1.15. The van der Waals surface area contributed by atoms with Gasteiger partial charge in [-0.15, -0.1) is 10.2 Å². The Morgan fingerprint density at radius 2 is 2.00 bits per heavy atom. The second-order valence-corrected chi connectivity index (χ2v) is 8.04. The first kappa shape index (κ1) is 19.4. The summed E-state index contributed by atoms with van der Waals surface area (Å²) in [5.74, 6) is 0.0247. The standard InChI is InChI=1S/C19H24N4O3S/c1-12(2)10-16-22-23-19(27-16)18(25)21-14-7-5-13(6-8-14)17(24)20-11-15-4-3-9-26-15/h5-8,12,15H,3-4,9-11H2,1-2H3,(H,20,24)(H,21,25)/t15-/m1/s1. The smallest absolute Gasteiger partial charge is 0.286 e. The highest BCUT2D eigenvalue weighted by Gasteiger charge is 2.17. The predicted octanol–water partition coefficient (Wildman–Crippen LogP) is 2.90. The summed E-state index contributed by atoms with van der Waals surface area (Å²) in [6, 6.07) is 6.78. The van der Waals surface area contributed by atoms with Gasteiger partial charge in [-0.05, 0) is 43.0 Å². The minimum atomic E-state index is -0.293. The molecule has 2 N–H and O–H groups in total. The van der Waals surface area contributed by atoms with Crippen LogP contribution in [0.3, 0.4) is 0 Å². The highest BCUT2D eigenvalue weighted by atomic mass is 32.1. The van der Waals surface area contributed by atoms with Crippen molar-refractivity contribution in [1.82, 2.24) is 15.5 Å². The maximum Gasteiger partial charge on any atom is 0.286 e. The maximum atomic E-state index is 12.3. The third kappa shape index (κ3) is 5.58. The molecule has 0 aliphatic carbocycles. The Morgan fingerprint density at radius 1 is 1.22 bits per heavy atom. The number of hydrogen-bond acceptors (Lipinski definition) is 6. The zero-order valence-corrected chi connectivity index (χ0v) is 16.3. The van der Waals surface area contributed by atoms with E-state index in [1.807, 2.05) is 0 Å². The van der Waals surface area contributed by atoms with Gasteiger partial charge in [-0.25, -0.2) is 0 Å².